The van der Waals surface area contributed by atoms with Crippen LogP contribution in [-0.4, -0.2) is 25.4 Å². The van der Waals surface area contributed by atoms with E-state index in [4.69, 9.17) is 4.74 Å². The second-order valence-corrected chi connectivity index (χ2v) is 6.86. The number of rotatable bonds is 7. The van der Waals surface area contributed by atoms with Gasteiger partial charge in [-0.05, 0) is 49.3 Å². The van der Waals surface area contributed by atoms with Gasteiger partial charge in [0.25, 0.3) is 0 Å². The Morgan fingerprint density at radius 3 is 2.32 bits per heavy atom. The fraction of sp³-hybridized carbons (Fsp3) is 0.632. The fourth-order valence-electron chi connectivity index (χ4n) is 3.21. The van der Waals surface area contributed by atoms with E-state index in [0.717, 1.165) is 38.0 Å². The second kappa shape index (κ2) is 8.70. The maximum Gasteiger partial charge on any atom is 0.573 e. The molecule has 0 aromatic heterocycles. The average Bonchev–Trinajstić information content (AvgIpc) is 2.55. The first-order valence-electron chi connectivity index (χ1n) is 8.73. The molecule has 0 radical (unpaired) electrons. The molecule has 0 N–H and O–H groups in total. The minimum Gasteiger partial charge on any atom is -0.406 e. The van der Waals surface area contributed by atoms with Gasteiger partial charge >= 0.3 is 6.36 Å². The molecule has 1 aliphatic rings. The van der Waals surface area contributed by atoms with Crippen LogP contribution >= 0.6 is 0 Å². The van der Waals surface area contributed by atoms with Crippen molar-refractivity contribution in [3.63, 3.8) is 0 Å². The summed E-state index contributed by atoms with van der Waals surface area (Å²) < 4.78 is 46.1. The van der Waals surface area contributed by atoms with Gasteiger partial charge in [-0.1, -0.05) is 26.0 Å². The van der Waals surface area contributed by atoms with E-state index in [2.05, 4.69) is 4.74 Å². The maximum absolute atomic E-state index is 12.6. The van der Waals surface area contributed by atoms with Gasteiger partial charge in [0, 0.05) is 25.0 Å². The van der Waals surface area contributed by atoms with Crippen molar-refractivity contribution in [3.05, 3.63) is 29.8 Å². The number of ether oxygens (including phenoxy) is 2. The van der Waals surface area contributed by atoms with E-state index >= 15 is 0 Å². The van der Waals surface area contributed by atoms with E-state index in [9.17, 15) is 18.0 Å². The van der Waals surface area contributed by atoms with Crippen LogP contribution in [0.3, 0.4) is 0 Å². The summed E-state index contributed by atoms with van der Waals surface area (Å²) in [4.78, 5) is 12.6. The molecular weight excluding hydrogens is 333 g/mol. The van der Waals surface area contributed by atoms with Crippen molar-refractivity contribution >= 4 is 5.78 Å². The zero-order valence-electron chi connectivity index (χ0n) is 14.6. The monoisotopic (exact) mass is 358 g/mol. The van der Waals surface area contributed by atoms with Crippen LogP contribution in [0.15, 0.2) is 24.3 Å². The quantitative estimate of drug-likeness (QED) is 0.680. The molecule has 6 heteroatoms. The van der Waals surface area contributed by atoms with Crippen molar-refractivity contribution in [2.24, 2.45) is 11.8 Å². The summed E-state index contributed by atoms with van der Waals surface area (Å²) in [5.41, 5.74) is 0.750. The molecule has 1 saturated heterocycles. The van der Waals surface area contributed by atoms with Crippen molar-refractivity contribution in [1.29, 1.82) is 0 Å². The van der Waals surface area contributed by atoms with Crippen molar-refractivity contribution in [1.82, 2.24) is 0 Å². The molecule has 2 rings (SSSR count). The van der Waals surface area contributed by atoms with Crippen LogP contribution in [0.4, 0.5) is 13.2 Å². The van der Waals surface area contributed by atoms with Gasteiger partial charge in [-0.3, -0.25) is 4.79 Å². The van der Waals surface area contributed by atoms with Crippen LogP contribution in [0.2, 0.25) is 0 Å². The molecule has 0 unspecified atom stereocenters. The van der Waals surface area contributed by atoms with Gasteiger partial charge < -0.3 is 9.47 Å². The summed E-state index contributed by atoms with van der Waals surface area (Å²) in [6.07, 6.45) is -1.08. The predicted molar refractivity (Wildman–Crippen MR) is 88.5 cm³/mol. The van der Waals surface area contributed by atoms with Gasteiger partial charge in [0.1, 0.15) is 11.5 Å². The Balaban J connectivity index is 2.07. The first kappa shape index (κ1) is 19.8. The van der Waals surface area contributed by atoms with Gasteiger partial charge in [-0.25, -0.2) is 0 Å². The minimum atomic E-state index is -4.71. The third kappa shape index (κ3) is 6.34. The number of ketones is 1. The predicted octanol–water partition coefficient (Wildman–Crippen LogP) is 5.10. The number of alkyl halides is 3. The molecule has 3 nitrogen and oxygen atoms in total. The SMILES string of the molecule is CC(C)C(=O)[C@H](CCC1CCOCC1)c1ccc(OC(F)(F)F)cc1. The first-order chi connectivity index (χ1) is 11.8. The fourth-order valence-corrected chi connectivity index (χ4v) is 3.21. The van der Waals surface area contributed by atoms with Gasteiger partial charge in [0.15, 0.2) is 0 Å². The van der Waals surface area contributed by atoms with Crippen LogP contribution in [0, 0.1) is 11.8 Å². The van der Waals surface area contributed by atoms with Gasteiger partial charge in [-0.2, -0.15) is 0 Å². The third-order valence-corrected chi connectivity index (χ3v) is 4.63. The Kier molecular flexibility index (Phi) is 6.87. The lowest BCUT2D eigenvalue weighted by Crippen LogP contribution is -2.21. The molecule has 0 aliphatic carbocycles. The van der Waals surface area contributed by atoms with Crippen molar-refractivity contribution in [2.45, 2.75) is 51.8 Å². The molecule has 25 heavy (non-hydrogen) atoms. The highest BCUT2D eigenvalue weighted by Crippen LogP contribution is 2.32. The van der Waals surface area contributed by atoms with Gasteiger partial charge in [0.2, 0.25) is 0 Å². The number of benzene rings is 1. The summed E-state index contributed by atoms with van der Waals surface area (Å²) in [5.74, 6) is -0.00871. The highest BCUT2D eigenvalue weighted by molar-refractivity contribution is 5.87. The minimum absolute atomic E-state index is 0.120. The van der Waals surface area contributed by atoms with Crippen LogP contribution in [0.5, 0.6) is 5.75 Å². The Morgan fingerprint density at radius 1 is 1.20 bits per heavy atom. The van der Waals surface area contributed by atoms with Crippen molar-refractivity contribution in [2.75, 3.05) is 13.2 Å². The molecule has 1 heterocycles. The Bertz CT molecular complexity index is 546. The molecule has 1 fully saturated rings. The van der Waals surface area contributed by atoms with Crippen LogP contribution in [0.25, 0.3) is 0 Å². The van der Waals surface area contributed by atoms with Gasteiger partial charge in [0.05, 0.1) is 0 Å². The molecule has 140 valence electrons. The van der Waals surface area contributed by atoms with Crippen molar-refractivity contribution < 1.29 is 27.4 Å². The Morgan fingerprint density at radius 2 is 1.80 bits per heavy atom. The summed E-state index contributed by atoms with van der Waals surface area (Å²) in [6.45, 7) is 5.23. The van der Waals surface area contributed by atoms with E-state index < -0.39 is 6.36 Å². The topological polar surface area (TPSA) is 35.5 Å². The number of halogens is 3. The molecular formula is C19H25F3O3. The maximum atomic E-state index is 12.6. The number of carbonyl (C=O) groups is 1. The van der Waals surface area contributed by atoms with Gasteiger partial charge in [-0.15, -0.1) is 13.2 Å². The highest BCUT2D eigenvalue weighted by Gasteiger charge is 2.31. The molecule has 1 atom stereocenters. The summed E-state index contributed by atoms with van der Waals surface area (Å²) in [7, 11) is 0. The molecule has 1 aliphatic heterocycles. The third-order valence-electron chi connectivity index (χ3n) is 4.63. The average molecular weight is 358 g/mol. The lowest BCUT2D eigenvalue weighted by atomic mass is 9.82. The molecule has 0 bridgehead atoms. The molecule has 1 aromatic carbocycles. The Hall–Kier alpha value is -1.56. The number of hydrogen-bond donors (Lipinski definition) is 0. The van der Waals surface area contributed by atoms with E-state index in [0.29, 0.717) is 12.3 Å². The molecule has 1 aromatic rings. The van der Waals surface area contributed by atoms with E-state index in [1.54, 1.807) is 12.1 Å². The van der Waals surface area contributed by atoms with E-state index in [-0.39, 0.29) is 23.4 Å². The smallest absolute Gasteiger partial charge is 0.406 e. The number of carbonyl (C=O) groups excluding carboxylic acids is 1. The van der Waals surface area contributed by atoms with E-state index in [1.165, 1.54) is 12.1 Å². The zero-order chi connectivity index (χ0) is 18.4. The van der Waals surface area contributed by atoms with Crippen molar-refractivity contribution in [3.8, 4) is 5.75 Å². The number of Topliss-reactive ketones (excluding diaryl/α,β-unsaturated/α-hetero) is 1. The Labute approximate surface area is 146 Å². The summed E-state index contributed by atoms with van der Waals surface area (Å²) >= 11 is 0. The summed E-state index contributed by atoms with van der Waals surface area (Å²) in [6, 6.07) is 5.68. The standard InChI is InChI=1S/C19H25F3O3/c1-13(2)18(23)17(8-3-14-9-11-24-12-10-14)15-4-6-16(7-5-15)25-19(20,21)22/h4-7,13-14,17H,3,8-12H2,1-2H3/t17-/m1/s1. The first-order valence-corrected chi connectivity index (χ1v) is 8.73. The van der Waals surface area contributed by atoms with Crippen LogP contribution < -0.4 is 4.74 Å². The summed E-state index contributed by atoms with van der Waals surface area (Å²) in [5, 5.41) is 0. The van der Waals surface area contributed by atoms with E-state index in [1.807, 2.05) is 13.8 Å². The second-order valence-electron chi connectivity index (χ2n) is 6.86. The molecule has 0 saturated carbocycles. The molecule has 0 amide bonds. The number of hydrogen-bond acceptors (Lipinski definition) is 3. The lowest BCUT2D eigenvalue weighted by molar-refractivity contribution is -0.274. The van der Waals surface area contributed by atoms with Crippen LogP contribution in [0.1, 0.15) is 51.0 Å². The largest absolute Gasteiger partial charge is 0.573 e. The normalized spacial score (nSPS) is 17.5. The lowest BCUT2D eigenvalue weighted by Gasteiger charge is -2.25. The zero-order valence-corrected chi connectivity index (χ0v) is 14.6. The van der Waals surface area contributed by atoms with Crippen LogP contribution in [-0.2, 0) is 9.53 Å². The molecule has 0 spiro atoms. The highest BCUT2D eigenvalue weighted by atomic mass is 19.4.